The molecule has 1 aromatic carbocycles. The summed E-state index contributed by atoms with van der Waals surface area (Å²) in [5.41, 5.74) is 0.546. The molecule has 0 aliphatic rings. The van der Waals surface area contributed by atoms with Crippen LogP contribution in [0.15, 0.2) is 28.9 Å². The lowest BCUT2D eigenvalue weighted by atomic mass is 10.2. The Morgan fingerprint density at radius 2 is 2.28 bits per heavy atom. The second-order valence-electron chi connectivity index (χ2n) is 3.97. The third kappa shape index (κ3) is 2.96. The van der Waals surface area contributed by atoms with Gasteiger partial charge in [-0.15, -0.1) is 11.3 Å². The fraction of sp³-hybridized carbons (Fsp3) is 0.308. The zero-order valence-electron chi connectivity index (χ0n) is 10.2. The van der Waals surface area contributed by atoms with Gasteiger partial charge in [-0.25, -0.2) is 9.37 Å². The topological polar surface area (TPSA) is 24.9 Å². The molecule has 1 heterocycles. The number of hydrogen-bond donors (Lipinski definition) is 1. The fourth-order valence-electron chi connectivity index (χ4n) is 1.68. The standard InChI is InChI=1S/C13H14BrFN2S/c1-3-16-8(2)12-7-17-13(18-12)10-6-9(14)4-5-11(10)15/h4-8,16H,3H2,1-2H3. The summed E-state index contributed by atoms with van der Waals surface area (Å²) in [6.07, 6.45) is 1.81. The molecule has 0 spiro atoms. The molecule has 2 nitrogen and oxygen atoms in total. The van der Waals surface area contributed by atoms with Crippen molar-refractivity contribution in [1.82, 2.24) is 10.3 Å². The van der Waals surface area contributed by atoms with E-state index in [1.54, 1.807) is 12.1 Å². The van der Waals surface area contributed by atoms with Crippen LogP contribution in [0.4, 0.5) is 4.39 Å². The highest BCUT2D eigenvalue weighted by molar-refractivity contribution is 9.10. The first-order valence-corrected chi connectivity index (χ1v) is 7.37. The first kappa shape index (κ1) is 13.6. The number of rotatable bonds is 4. The zero-order chi connectivity index (χ0) is 13.1. The minimum atomic E-state index is -0.241. The number of benzene rings is 1. The number of halogens is 2. The van der Waals surface area contributed by atoms with Crippen LogP contribution in [-0.4, -0.2) is 11.5 Å². The highest BCUT2D eigenvalue weighted by atomic mass is 79.9. The van der Waals surface area contributed by atoms with Crippen molar-refractivity contribution in [3.05, 3.63) is 39.6 Å². The van der Waals surface area contributed by atoms with Gasteiger partial charge in [0, 0.05) is 27.2 Å². The van der Waals surface area contributed by atoms with Crippen molar-refractivity contribution in [3.63, 3.8) is 0 Å². The third-order valence-corrected chi connectivity index (χ3v) is 4.33. The van der Waals surface area contributed by atoms with Crippen LogP contribution in [0, 0.1) is 5.82 Å². The number of nitrogens with one attached hydrogen (secondary N) is 1. The summed E-state index contributed by atoms with van der Waals surface area (Å²) < 4.78 is 14.6. The van der Waals surface area contributed by atoms with E-state index in [0.29, 0.717) is 10.6 Å². The Kier molecular flexibility index (Phi) is 4.48. The molecule has 0 radical (unpaired) electrons. The molecule has 1 aromatic heterocycles. The van der Waals surface area contributed by atoms with Gasteiger partial charge in [0.25, 0.3) is 0 Å². The predicted molar refractivity (Wildman–Crippen MR) is 77.3 cm³/mol. The molecule has 1 atom stereocenters. The molecule has 1 N–H and O–H groups in total. The lowest BCUT2D eigenvalue weighted by Crippen LogP contribution is -2.16. The predicted octanol–water partition coefficient (Wildman–Crippen LogP) is 4.38. The van der Waals surface area contributed by atoms with E-state index in [0.717, 1.165) is 15.9 Å². The Balaban J connectivity index is 2.32. The number of nitrogens with zero attached hydrogens (tertiary/aromatic N) is 1. The summed E-state index contributed by atoms with van der Waals surface area (Å²) in [5, 5.41) is 4.04. The van der Waals surface area contributed by atoms with Gasteiger partial charge in [-0.2, -0.15) is 0 Å². The Bertz CT molecular complexity index is 542. The fourth-order valence-corrected chi connectivity index (χ4v) is 3.00. The molecule has 18 heavy (non-hydrogen) atoms. The monoisotopic (exact) mass is 328 g/mol. The Morgan fingerprint density at radius 1 is 1.50 bits per heavy atom. The second-order valence-corrected chi connectivity index (χ2v) is 5.95. The molecule has 0 fully saturated rings. The average molecular weight is 329 g/mol. The molecule has 2 aromatic rings. The van der Waals surface area contributed by atoms with Crippen molar-refractivity contribution in [3.8, 4) is 10.6 Å². The molecule has 0 saturated carbocycles. The first-order valence-electron chi connectivity index (χ1n) is 5.76. The Labute approximate surface area is 118 Å². The smallest absolute Gasteiger partial charge is 0.133 e. The summed E-state index contributed by atoms with van der Waals surface area (Å²) in [5.74, 6) is -0.241. The molecule has 2 rings (SSSR count). The summed E-state index contributed by atoms with van der Waals surface area (Å²) in [4.78, 5) is 5.43. The second kappa shape index (κ2) is 5.91. The molecular weight excluding hydrogens is 315 g/mol. The van der Waals surface area contributed by atoms with Gasteiger partial charge < -0.3 is 5.32 Å². The number of aromatic nitrogens is 1. The molecule has 1 unspecified atom stereocenters. The van der Waals surface area contributed by atoms with E-state index in [1.165, 1.54) is 17.4 Å². The van der Waals surface area contributed by atoms with Gasteiger partial charge >= 0.3 is 0 Å². The highest BCUT2D eigenvalue weighted by Crippen LogP contribution is 2.31. The lowest BCUT2D eigenvalue weighted by molar-refractivity contribution is 0.606. The normalized spacial score (nSPS) is 12.7. The zero-order valence-corrected chi connectivity index (χ0v) is 12.6. The van der Waals surface area contributed by atoms with Crippen LogP contribution in [0.5, 0.6) is 0 Å². The molecule has 0 aliphatic heterocycles. The van der Waals surface area contributed by atoms with Gasteiger partial charge in [0.1, 0.15) is 10.8 Å². The van der Waals surface area contributed by atoms with Crippen LogP contribution in [0.3, 0.4) is 0 Å². The van der Waals surface area contributed by atoms with Gasteiger partial charge in [-0.1, -0.05) is 22.9 Å². The first-order chi connectivity index (χ1) is 8.61. The lowest BCUT2D eigenvalue weighted by Gasteiger charge is -2.08. The number of thiazole rings is 1. The molecule has 0 saturated heterocycles. The summed E-state index contributed by atoms with van der Waals surface area (Å²) >= 11 is 4.87. The van der Waals surface area contributed by atoms with Crippen molar-refractivity contribution >= 4 is 27.3 Å². The van der Waals surface area contributed by atoms with Crippen molar-refractivity contribution in [2.75, 3.05) is 6.54 Å². The van der Waals surface area contributed by atoms with Crippen molar-refractivity contribution in [2.45, 2.75) is 19.9 Å². The summed E-state index contributed by atoms with van der Waals surface area (Å²) in [6.45, 7) is 5.05. The van der Waals surface area contributed by atoms with E-state index >= 15 is 0 Å². The summed E-state index contributed by atoms with van der Waals surface area (Å²) in [6, 6.07) is 5.15. The molecule has 0 bridgehead atoms. The summed E-state index contributed by atoms with van der Waals surface area (Å²) in [7, 11) is 0. The minimum Gasteiger partial charge on any atom is -0.310 e. The molecular formula is C13H14BrFN2S. The number of hydrogen-bond acceptors (Lipinski definition) is 3. The average Bonchev–Trinajstić information content (AvgIpc) is 2.82. The highest BCUT2D eigenvalue weighted by Gasteiger charge is 2.13. The van der Waals surface area contributed by atoms with Crippen molar-refractivity contribution in [2.24, 2.45) is 0 Å². The van der Waals surface area contributed by atoms with Crippen LogP contribution in [-0.2, 0) is 0 Å². The van der Waals surface area contributed by atoms with E-state index in [1.807, 2.05) is 6.20 Å². The van der Waals surface area contributed by atoms with E-state index in [2.05, 4.69) is 40.1 Å². The van der Waals surface area contributed by atoms with Crippen molar-refractivity contribution in [1.29, 1.82) is 0 Å². The van der Waals surface area contributed by atoms with Crippen molar-refractivity contribution < 1.29 is 4.39 Å². The SMILES string of the molecule is CCNC(C)c1cnc(-c2cc(Br)ccc2F)s1. The van der Waals surface area contributed by atoms with Crippen LogP contribution in [0.25, 0.3) is 10.6 Å². The largest absolute Gasteiger partial charge is 0.310 e. The quantitative estimate of drug-likeness (QED) is 0.900. The van der Waals surface area contributed by atoms with E-state index in [-0.39, 0.29) is 11.9 Å². The molecule has 0 amide bonds. The van der Waals surface area contributed by atoms with Gasteiger partial charge in [-0.3, -0.25) is 0 Å². The van der Waals surface area contributed by atoms with Crippen LogP contribution < -0.4 is 5.32 Å². The molecule has 5 heteroatoms. The Morgan fingerprint density at radius 3 is 3.00 bits per heavy atom. The Hall–Kier alpha value is -0.780. The van der Waals surface area contributed by atoms with E-state index < -0.39 is 0 Å². The maximum atomic E-state index is 13.7. The maximum Gasteiger partial charge on any atom is 0.133 e. The third-order valence-electron chi connectivity index (χ3n) is 2.62. The van der Waals surface area contributed by atoms with Gasteiger partial charge in [0.2, 0.25) is 0 Å². The minimum absolute atomic E-state index is 0.241. The van der Waals surface area contributed by atoms with Gasteiger partial charge in [0.15, 0.2) is 0 Å². The van der Waals surface area contributed by atoms with E-state index in [9.17, 15) is 4.39 Å². The van der Waals surface area contributed by atoms with E-state index in [4.69, 9.17) is 0 Å². The van der Waals surface area contributed by atoms with Crippen LogP contribution in [0.1, 0.15) is 24.8 Å². The van der Waals surface area contributed by atoms with Crippen LogP contribution in [0.2, 0.25) is 0 Å². The van der Waals surface area contributed by atoms with Crippen LogP contribution >= 0.6 is 27.3 Å². The maximum absolute atomic E-state index is 13.7. The van der Waals surface area contributed by atoms with Gasteiger partial charge in [0.05, 0.1) is 0 Å². The molecule has 96 valence electrons. The molecule has 0 aliphatic carbocycles. The van der Waals surface area contributed by atoms with Gasteiger partial charge in [-0.05, 0) is 31.7 Å².